The summed E-state index contributed by atoms with van der Waals surface area (Å²) in [6.07, 6.45) is 1.43. The van der Waals surface area contributed by atoms with Crippen molar-refractivity contribution in [1.29, 1.82) is 0 Å². The minimum absolute atomic E-state index is 0.00786. The Bertz CT molecular complexity index is 856. The first-order valence-electron chi connectivity index (χ1n) is 7.38. The van der Waals surface area contributed by atoms with Crippen LogP contribution in [0.15, 0.2) is 41.4 Å². The molecule has 0 unspecified atom stereocenters. The van der Waals surface area contributed by atoms with Gasteiger partial charge in [-0.05, 0) is 36.4 Å². The van der Waals surface area contributed by atoms with Gasteiger partial charge in [0.2, 0.25) is 0 Å². The molecule has 1 fully saturated rings. The fraction of sp³-hybridized carbons (Fsp3) is 0.176. The third kappa shape index (κ3) is 2.22. The van der Waals surface area contributed by atoms with Crippen LogP contribution in [0.3, 0.4) is 0 Å². The number of amides is 1. The molecule has 0 aromatic heterocycles. The average molecular weight is 326 g/mol. The summed E-state index contributed by atoms with van der Waals surface area (Å²) in [5, 5.41) is 22.0. The van der Waals surface area contributed by atoms with Crippen LogP contribution in [0.2, 0.25) is 0 Å². The second-order valence-corrected chi connectivity index (χ2v) is 5.50. The van der Waals surface area contributed by atoms with E-state index in [1.54, 1.807) is 18.2 Å². The number of anilines is 1. The molecule has 4 rings (SSSR count). The van der Waals surface area contributed by atoms with Gasteiger partial charge in [-0.25, -0.2) is 0 Å². The third-order valence-corrected chi connectivity index (χ3v) is 3.96. The topological polar surface area (TPSA) is 100 Å². The van der Waals surface area contributed by atoms with Crippen LogP contribution in [0.25, 0.3) is 0 Å². The second kappa shape index (κ2) is 5.33. The van der Waals surface area contributed by atoms with Crippen molar-refractivity contribution < 1.29 is 24.5 Å². The molecule has 2 aliphatic heterocycles. The number of benzene rings is 2. The molecule has 2 heterocycles. The van der Waals surface area contributed by atoms with Crippen molar-refractivity contribution in [1.82, 2.24) is 0 Å². The lowest BCUT2D eigenvalue weighted by Gasteiger charge is -2.19. The molecule has 0 aliphatic carbocycles. The first-order valence-corrected chi connectivity index (χ1v) is 7.38. The summed E-state index contributed by atoms with van der Waals surface area (Å²) < 4.78 is 11.1. The maximum atomic E-state index is 12.2. The number of rotatable bonds is 2. The summed E-state index contributed by atoms with van der Waals surface area (Å²) in [4.78, 5) is 16.5. The molecule has 122 valence electrons. The molecule has 1 amide bonds. The van der Waals surface area contributed by atoms with Crippen molar-refractivity contribution in [3.8, 4) is 11.5 Å². The fourth-order valence-corrected chi connectivity index (χ4v) is 2.81. The van der Waals surface area contributed by atoms with E-state index in [0.29, 0.717) is 35.7 Å². The standard InChI is InChI=1S/C17H14N2O5/c20-12-2-4-15(21)10(7-12)9-18-11-1-3-14-13(8-11)17(16(22)19-14)23-5-6-24-17/h1-4,7-9,20-21H,5-6H2,(H,19,22). The number of nitrogens with one attached hydrogen (secondary N) is 1. The molecular weight excluding hydrogens is 312 g/mol. The lowest BCUT2D eigenvalue weighted by Crippen LogP contribution is -2.35. The van der Waals surface area contributed by atoms with Gasteiger partial charge in [-0.1, -0.05) is 0 Å². The summed E-state index contributed by atoms with van der Waals surface area (Å²) in [6, 6.07) is 9.33. The fourth-order valence-electron chi connectivity index (χ4n) is 2.81. The van der Waals surface area contributed by atoms with Gasteiger partial charge in [-0.15, -0.1) is 0 Å². The molecule has 0 saturated carbocycles. The number of aliphatic imine (C=N–C) groups is 1. The molecule has 24 heavy (non-hydrogen) atoms. The zero-order chi connectivity index (χ0) is 16.7. The Labute approximate surface area is 137 Å². The third-order valence-electron chi connectivity index (χ3n) is 3.96. The summed E-state index contributed by atoms with van der Waals surface area (Å²) in [6.45, 7) is 0.690. The zero-order valence-electron chi connectivity index (χ0n) is 12.5. The summed E-state index contributed by atoms with van der Waals surface area (Å²) >= 11 is 0. The van der Waals surface area contributed by atoms with Crippen molar-refractivity contribution in [3.63, 3.8) is 0 Å². The van der Waals surface area contributed by atoms with Crippen molar-refractivity contribution in [2.24, 2.45) is 4.99 Å². The summed E-state index contributed by atoms with van der Waals surface area (Å²) in [5.41, 5.74) is 2.15. The highest BCUT2D eigenvalue weighted by molar-refractivity contribution is 6.04. The number of ether oxygens (including phenoxy) is 2. The molecule has 2 aromatic carbocycles. The van der Waals surface area contributed by atoms with Gasteiger partial charge in [-0.3, -0.25) is 9.79 Å². The van der Waals surface area contributed by atoms with Crippen LogP contribution in [0.1, 0.15) is 11.1 Å². The number of nitrogens with zero attached hydrogens (tertiary/aromatic N) is 1. The number of phenols is 2. The molecule has 1 saturated heterocycles. The Morgan fingerprint density at radius 2 is 1.92 bits per heavy atom. The number of hydrogen-bond donors (Lipinski definition) is 3. The Morgan fingerprint density at radius 1 is 1.12 bits per heavy atom. The quantitative estimate of drug-likeness (QED) is 0.579. The lowest BCUT2D eigenvalue weighted by atomic mass is 10.1. The first kappa shape index (κ1) is 14.7. The van der Waals surface area contributed by atoms with E-state index in [1.165, 1.54) is 24.4 Å². The van der Waals surface area contributed by atoms with Gasteiger partial charge in [-0.2, -0.15) is 0 Å². The molecule has 1 spiro atoms. The normalized spacial score (nSPS) is 18.2. The monoisotopic (exact) mass is 326 g/mol. The van der Waals surface area contributed by atoms with E-state index >= 15 is 0 Å². The van der Waals surface area contributed by atoms with Crippen LogP contribution in [-0.4, -0.2) is 35.5 Å². The number of hydrogen-bond acceptors (Lipinski definition) is 6. The molecule has 3 N–H and O–H groups in total. The Balaban J connectivity index is 1.69. The van der Waals surface area contributed by atoms with Gasteiger partial charge in [0.25, 0.3) is 11.7 Å². The SMILES string of the molecule is O=C1Nc2ccc(N=Cc3cc(O)ccc3O)cc2C12OCCO2. The molecule has 0 atom stereocenters. The second-order valence-electron chi connectivity index (χ2n) is 5.50. The van der Waals surface area contributed by atoms with Crippen molar-refractivity contribution >= 4 is 23.5 Å². The molecule has 0 radical (unpaired) electrons. The molecule has 2 aromatic rings. The van der Waals surface area contributed by atoms with Crippen molar-refractivity contribution in [2.75, 3.05) is 18.5 Å². The van der Waals surface area contributed by atoms with Gasteiger partial charge >= 0.3 is 0 Å². The number of aromatic hydroxyl groups is 2. The van der Waals surface area contributed by atoms with Crippen LogP contribution >= 0.6 is 0 Å². The highest BCUT2D eigenvalue weighted by Gasteiger charge is 2.52. The van der Waals surface area contributed by atoms with Gasteiger partial charge in [0.15, 0.2) is 0 Å². The largest absolute Gasteiger partial charge is 0.508 e. The van der Waals surface area contributed by atoms with Crippen LogP contribution in [-0.2, 0) is 20.1 Å². The maximum Gasteiger partial charge on any atom is 0.289 e. The van der Waals surface area contributed by atoms with Crippen LogP contribution < -0.4 is 5.32 Å². The smallest absolute Gasteiger partial charge is 0.289 e. The van der Waals surface area contributed by atoms with E-state index in [1.807, 2.05) is 0 Å². The van der Waals surface area contributed by atoms with Gasteiger partial charge in [0.05, 0.1) is 24.6 Å². The Kier molecular flexibility index (Phi) is 3.26. The van der Waals surface area contributed by atoms with Crippen LogP contribution in [0, 0.1) is 0 Å². The van der Waals surface area contributed by atoms with Crippen molar-refractivity contribution in [2.45, 2.75) is 5.79 Å². The molecular formula is C17H14N2O5. The number of carbonyl (C=O) groups is 1. The van der Waals surface area contributed by atoms with E-state index in [9.17, 15) is 15.0 Å². The van der Waals surface area contributed by atoms with Crippen LogP contribution in [0.5, 0.6) is 11.5 Å². The lowest BCUT2D eigenvalue weighted by molar-refractivity contribution is -0.178. The highest BCUT2D eigenvalue weighted by atomic mass is 16.7. The maximum absolute atomic E-state index is 12.2. The summed E-state index contributed by atoms with van der Waals surface area (Å²) in [7, 11) is 0. The molecule has 2 aliphatic rings. The van der Waals surface area contributed by atoms with Crippen molar-refractivity contribution in [3.05, 3.63) is 47.5 Å². The average Bonchev–Trinajstić information content (AvgIpc) is 3.16. The van der Waals surface area contributed by atoms with Gasteiger partial charge < -0.3 is 25.0 Å². The Morgan fingerprint density at radius 3 is 2.71 bits per heavy atom. The zero-order valence-corrected chi connectivity index (χ0v) is 12.5. The van der Waals surface area contributed by atoms with Gasteiger partial charge in [0.1, 0.15) is 11.5 Å². The predicted molar refractivity (Wildman–Crippen MR) is 85.7 cm³/mol. The van der Waals surface area contributed by atoms with E-state index in [2.05, 4.69) is 10.3 Å². The Hall–Kier alpha value is -2.90. The van der Waals surface area contributed by atoms with Gasteiger partial charge in [0, 0.05) is 17.3 Å². The predicted octanol–water partition coefficient (Wildman–Crippen LogP) is 2.00. The number of carbonyl (C=O) groups excluding carboxylic acids is 1. The minimum Gasteiger partial charge on any atom is -0.508 e. The van der Waals surface area contributed by atoms with E-state index in [-0.39, 0.29) is 17.4 Å². The minimum atomic E-state index is -1.39. The molecule has 7 nitrogen and oxygen atoms in total. The molecule has 0 bridgehead atoms. The first-order chi connectivity index (χ1) is 11.6. The highest BCUT2D eigenvalue weighted by Crippen LogP contribution is 2.43. The van der Waals surface area contributed by atoms with Crippen LogP contribution in [0.4, 0.5) is 11.4 Å². The number of fused-ring (bicyclic) bond motifs is 2. The van der Waals surface area contributed by atoms with E-state index in [4.69, 9.17) is 9.47 Å². The van der Waals surface area contributed by atoms with E-state index < -0.39 is 5.79 Å². The number of phenolic OH excluding ortho intramolecular Hbond substituents is 2. The van der Waals surface area contributed by atoms with E-state index in [0.717, 1.165) is 0 Å². The summed E-state index contributed by atoms with van der Waals surface area (Å²) in [5.74, 6) is -1.70. The molecule has 7 heteroatoms.